The minimum atomic E-state index is -0.456. The number of Topliss-reactive ketones (excluding diaryl/α,β-unsaturated/α-hetero) is 1. The topological polar surface area (TPSA) is 59.5 Å². The van der Waals surface area contributed by atoms with E-state index in [1.165, 1.54) is 6.20 Å². The van der Waals surface area contributed by atoms with E-state index in [2.05, 4.69) is 4.98 Å². The number of hydrogen-bond acceptors (Lipinski definition) is 5. The monoisotopic (exact) mass is 296 g/mol. The maximum atomic E-state index is 12.1. The molecule has 1 aromatic heterocycles. The van der Waals surface area contributed by atoms with Crippen LogP contribution in [0.2, 0.25) is 0 Å². The molecule has 0 amide bonds. The van der Waals surface area contributed by atoms with Gasteiger partial charge in [0, 0.05) is 32.3 Å². The molecular weight excluding hydrogens is 280 g/mol. The highest BCUT2D eigenvalue weighted by Gasteiger charge is 2.20. The van der Waals surface area contributed by atoms with Crippen molar-refractivity contribution in [3.63, 3.8) is 0 Å². The molecule has 0 saturated carbocycles. The van der Waals surface area contributed by atoms with Crippen molar-refractivity contribution in [1.29, 1.82) is 0 Å². The lowest BCUT2D eigenvalue weighted by Crippen LogP contribution is -2.13. The Kier molecular flexibility index (Phi) is 3.63. The fourth-order valence-corrected chi connectivity index (χ4v) is 2.43. The first kappa shape index (κ1) is 14.3. The Bertz CT molecular complexity index is 736. The first-order valence-electron chi connectivity index (χ1n) is 7.06. The molecule has 2 aromatic rings. The second-order valence-electron chi connectivity index (χ2n) is 5.43. The van der Waals surface area contributed by atoms with Gasteiger partial charge in [0.05, 0.1) is 5.56 Å². The van der Waals surface area contributed by atoms with Gasteiger partial charge in [-0.25, -0.2) is 9.78 Å². The number of esters is 1. The summed E-state index contributed by atoms with van der Waals surface area (Å²) in [6.45, 7) is 0. The third kappa shape index (κ3) is 2.70. The molecule has 1 aliphatic carbocycles. The third-order valence-electron chi connectivity index (χ3n) is 3.65. The van der Waals surface area contributed by atoms with E-state index in [0.29, 0.717) is 24.2 Å². The molecule has 0 fully saturated rings. The summed E-state index contributed by atoms with van der Waals surface area (Å²) in [5.41, 5.74) is 2.07. The average molecular weight is 296 g/mol. The first-order chi connectivity index (χ1) is 10.5. The molecule has 0 atom stereocenters. The fraction of sp³-hybridized carbons (Fsp3) is 0.235. The van der Waals surface area contributed by atoms with Crippen LogP contribution in [0.3, 0.4) is 0 Å². The number of anilines is 1. The molecule has 1 heterocycles. The summed E-state index contributed by atoms with van der Waals surface area (Å²) in [6, 6.07) is 8.58. The highest BCUT2D eigenvalue weighted by atomic mass is 16.5. The number of fused-ring (bicyclic) bond motifs is 1. The van der Waals surface area contributed by atoms with E-state index in [0.717, 1.165) is 16.9 Å². The smallest absolute Gasteiger partial charge is 0.345 e. The van der Waals surface area contributed by atoms with Crippen LogP contribution in [-0.4, -0.2) is 30.8 Å². The van der Waals surface area contributed by atoms with E-state index in [4.69, 9.17) is 4.74 Å². The molecule has 0 aliphatic heterocycles. The standard InChI is InChI=1S/C17H16N2O3/c1-19(2)16-8-4-12(10-18-16)17(21)22-13-5-6-14-11(9-13)3-7-15(14)20/h4-6,8-10H,3,7H2,1-2H3. The van der Waals surface area contributed by atoms with E-state index < -0.39 is 5.97 Å². The van der Waals surface area contributed by atoms with E-state index in [1.54, 1.807) is 30.3 Å². The van der Waals surface area contributed by atoms with Crippen LogP contribution < -0.4 is 9.64 Å². The van der Waals surface area contributed by atoms with E-state index >= 15 is 0 Å². The summed E-state index contributed by atoms with van der Waals surface area (Å²) >= 11 is 0. The summed E-state index contributed by atoms with van der Waals surface area (Å²) in [6.07, 6.45) is 2.73. The SMILES string of the molecule is CN(C)c1ccc(C(=O)Oc2ccc3c(c2)CCC3=O)cn1. The summed E-state index contributed by atoms with van der Waals surface area (Å²) < 4.78 is 5.36. The van der Waals surface area contributed by atoms with Crippen LogP contribution >= 0.6 is 0 Å². The van der Waals surface area contributed by atoms with Gasteiger partial charge in [0.25, 0.3) is 0 Å². The molecule has 1 aliphatic rings. The molecule has 0 bridgehead atoms. The molecule has 5 nitrogen and oxygen atoms in total. The number of hydrogen-bond donors (Lipinski definition) is 0. The predicted molar refractivity (Wildman–Crippen MR) is 82.6 cm³/mol. The lowest BCUT2D eigenvalue weighted by molar-refractivity contribution is 0.0734. The van der Waals surface area contributed by atoms with E-state index in [9.17, 15) is 9.59 Å². The van der Waals surface area contributed by atoms with Crippen LogP contribution in [0, 0.1) is 0 Å². The molecule has 0 radical (unpaired) electrons. The van der Waals surface area contributed by atoms with Crippen molar-refractivity contribution in [2.75, 3.05) is 19.0 Å². The second kappa shape index (κ2) is 5.60. The highest BCUT2D eigenvalue weighted by Crippen LogP contribution is 2.26. The van der Waals surface area contributed by atoms with Crippen molar-refractivity contribution in [3.8, 4) is 5.75 Å². The normalized spacial score (nSPS) is 12.9. The molecule has 0 unspecified atom stereocenters. The number of aryl methyl sites for hydroxylation is 1. The van der Waals surface area contributed by atoms with Crippen molar-refractivity contribution in [2.24, 2.45) is 0 Å². The van der Waals surface area contributed by atoms with Gasteiger partial charge in [-0.3, -0.25) is 4.79 Å². The average Bonchev–Trinajstić information content (AvgIpc) is 2.88. The van der Waals surface area contributed by atoms with E-state index in [-0.39, 0.29) is 5.78 Å². The Labute approximate surface area is 128 Å². The molecule has 3 rings (SSSR count). The molecule has 0 saturated heterocycles. The van der Waals surface area contributed by atoms with Gasteiger partial charge in [-0.1, -0.05) is 0 Å². The number of carbonyl (C=O) groups excluding carboxylic acids is 2. The largest absolute Gasteiger partial charge is 0.423 e. The van der Waals surface area contributed by atoms with Gasteiger partial charge in [-0.05, 0) is 42.3 Å². The van der Waals surface area contributed by atoms with Crippen molar-refractivity contribution >= 4 is 17.6 Å². The fourth-order valence-electron chi connectivity index (χ4n) is 2.43. The van der Waals surface area contributed by atoms with Crippen LogP contribution in [0.15, 0.2) is 36.5 Å². The quantitative estimate of drug-likeness (QED) is 0.643. The Morgan fingerprint density at radius 2 is 2.00 bits per heavy atom. The Balaban J connectivity index is 1.75. The summed E-state index contributed by atoms with van der Waals surface area (Å²) in [7, 11) is 3.76. The molecular formula is C17H16N2O3. The molecule has 1 aromatic carbocycles. The number of benzene rings is 1. The Morgan fingerprint density at radius 3 is 2.68 bits per heavy atom. The van der Waals surface area contributed by atoms with Gasteiger partial charge in [0.2, 0.25) is 0 Å². The second-order valence-corrected chi connectivity index (χ2v) is 5.43. The number of pyridine rings is 1. The zero-order chi connectivity index (χ0) is 15.7. The van der Waals surface area contributed by atoms with Crippen LogP contribution in [0.4, 0.5) is 5.82 Å². The number of rotatable bonds is 3. The van der Waals surface area contributed by atoms with Gasteiger partial charge in [-0.2, -0.15) is 0 Å². The van der Waals surface area contributed by atoms with Gasteiger partial charge < -0.3 is 9.64 Å². The number of ketones is 1. The zero-order valence-electron chi connectivity index (χ0n) is 12.5. The molecule has 0 N–H and O–H groups in total. The number of aromatic nitrogens is 1. The van der Waals surface area contributed by atoms with Gasteiger partial charge in [0.1, 0.15) is 11.6 Å². The van der Waals surface area contributed by atoms with Gasteiger partial charge >= 0.3 is 5.97 Å². The van der Waals surface area contributed by atoms with Gasteiger partial charge in [-0.15, -0.1) is 0 Å². The number of ether oxygens (including phenoxy) is 1. The summed E-state index contributed by atoms with van der Waals surface area (Å²) in [5, 5.41) is 0. The molecule has 5 heteroatoms. The summed E-state index contributed by atoms with van der Waals surface area (Å²) in [5.74, 6) is 0.918. The van der Waals surface area contributed by atoms with E-state index in [1.807, 2.05) is 19.0 Å². The minimum absolute atomic E-state index is 0.149. The van der Waals surface area contributed by atoms with Crippen LogP contribution in [-0.2, 0) is 6.42 Å². The van der Waals surface area contributed by atoms with Crippen molar-refractivity contribution < 1.29 is 14.3 Å². The zero-order valence-corrected chi connectivity index (χ0v) is 12.5. The maximum absolute atomic E-state index is 12.1. The maximum Gasteiger partial charge on any atom is 0.345 e. The van der Waals surface area contributed by atoms with Crippen molar-refractivity contribution in [2.45, 2.75) is 12.8 Å². The molecule has 0 spiro atoms. The molecule has 22 heavy (non-hydrogen) atoms. The summed E-state index contributed by atoms with van der Waals surface area (Å²) in [4.78, 5) is 29.7. The van der Waals surface area contributed by atoms with Crippen molar-refractivity contribution in [3.05, 3.63) is 53.2 Å². The predicted octanol–water partition coefficient (Wildman–Crippen LogP) is 2.50. The molecule has 112 valence electrons. The number of carbonyl (C=O) groups is 2. The first-order valence-corrected chi connectivity index (χ1v) is 7.06. The Hall–Kier alpha value is -2.69. The minimum Gasteiger partial charge on any atom is -0.423 e. The highest BCUT2D eigenvalue weighted by molar-refractivity contribution is 6.00. The van der Waals surface area contributed by atoms with Crippen LogP contribution in [0.1, 0.15) is 32.7 Å². The van der Waals surface area contributed by atoms with Crippen LogP contribution in [0.5, 0.6) is 5.75 Å². The Morgan fingerprint density at radius 1 is 1.18 bits per heavy atom. The number of nitrogens with zero attached hydrogens (tertiary/aromatic N) is 2. The third-order valence-corrected chi connectivity index (χ3v) is 3.65. The lowest BCUT2D eigenvalue weighted by Gasteiger charge is -2.11. The lowest BCUT2D eigenvalue weighted by atomic mass is 10.1. The van der Waals surface area contributed by atoms with Crippen molar-refractivity contribution in [1.82, 2.24) is 4.98 Å². The van der Waals surface area contributed by atoms with Gasteiger partial charge in [0.15, 0.2) is 5.78 Å². The van der Waals surface area contributed by atoms with Crippen LogP contribution in [0.25, 0.3) is 0 Å².